The number of carbonyl (C=O) groups is 2. The van der Waals surface area contributed by atoms with E-state index < -0.39 is 5.97 Å². The van der Waals surface area contributed by atoms with Gasteiger partial charge in [0, 0.05) is 13.1 Å². The quantitative estimate of drug-likeness (QED) is 0.732. The number of carboxylic acid groups (broad SMARTS) is 1. The van der Waals surface area contributed by atoms with Crippen molar-refractivity contribution in [2.24, 2.45) is 11.8 Å². The summed E-state index contributed by atoms with van der Waals surface area (Å²) < 4.78 is 0. The van der Waals surface area contributed by atoms with Crippen LogP contribution in [0, 0.1) is 11.8 Å². The molecule has 1 aliphatic heterocycles. The Bertz CT molecular complexity index is 295. The van der Waals surface area contributed by atoms with E-state index in [0.717, 1.165) is 19.4 Å². The molecule has 0 aliphatic carbocycles. The maximum Gasteiger partial charge on any atom is 0.306 e. The Morgan fingerprint density at radius 2 is 1.84 bits per heavy atom. The van der Waals surface area contributed by atoms with Crippen molar-refractivity contribution < 1.29 is 14.7 Å². The molecule has 1 fully saturated rings. The molecule has 1 aliphatic rings. The van der Waals surface area contributed by atoms with E-state index in [-0.39, 0.29) is 11.8 Å². The van der Waals surface area contributed by atoms with Crippen LogP contribution in [0.1, 0.15) is 39.5 Å². The first-order valence-corrected chi connectivity index (χ1v) is 7.29. The minimum Gasteiger partial charge on any atom is -0.481 e. The Kier molecular flexibility index (Phi) is 6.84. The molecule has 2 N–H and O–H groups in total. The number of carboxylic acids is 1. The molecule has 1 rings (SSSR count). The second kappa shape index (κ2) is 8.15. The number of aliphatic carboxylic acids is 1. The molecule has 0 aromatic rings. The van der Waals surface area contributed by atoms with Gasteiger partial charge in [-0.15, -0.1) is 0 Å². The maximum absolute atomic E-state index is 11.9. The van der Waals surface area contributed by atoms with Gasteiger partial charge in [-0.2, -0.15) is 0 Å². The van der Waals surface area contributed by atoms with Crippen LogP contribution in [0.4, 0.5) is 0 Å². The molecule has 1 heterocycles. The Morgan fingerprint density at radius 1 is 1.26 bits per heavy atom. The first-order chi connectivity index (χ1) is 9.08. The molecule has 0 aromatic carbocycles. The summed E-state index contributed by atoms with van der Waals surface area (Å²) in [6.07, 6.45) is 3.41. The van der Waals surface area contributed by atoms with Gasteiger partial charge in [0.05, 0.1) is 12.5 Å². The molecule has 110 valence electrons. The highest BCUT2D eigenvalue weighted by molar-refractivity contribution is 5.78. The second-order valence-electron chi connectivity index (χ2n) is 5.31. The third-order valence-corrected chi connectivity index (χ3v) is 4.06. The number of nitrogens with zero attached hydrogens (tertiary/aromatic N) is 1. The van der Waals surface area contributed by atoms with Crippen LogP contribution in [0.15, 0.2) is 0 Å². The molecule has 1 saturated heterocycles. The SMILES string of the molecule is CCC(CC)CNCC(=O)N1CCC(C(=O)O)CC1. The third kappa shape index (κ3) is 5.19. The molecular formula is C14H26N2O3. The highest BCUT2D eigenvalue weighted by Gasteiger charge is 2.26. The summed E-state index contributed by atoms with van der Waals surface area (Å²) in [5, 5.41) is 12.1. The third-order valence-electron chi connectivity index (χ3n) is 4.06. The summed E-state index contributed by atoms with van der Waals surface area (Å²) in [5.74, 6) is -0.291. The summed E-state index contributed by atoms with van der Waals surface area (Å²) in [5.41, 5.74) is 0. The topological polar surface area (TPSA) is 69.6 Å². The van der Waals surface area contributed by atoms with E-state index in [1.54, 1.807) is 4.90 Å². The number of carbonyl (C=O) groups excluding carboxylic acids is 1. The number of likely N-dealkylation sites (tertiary alicyclic amines) is 1. The molecule has 0 radical (unpaired) electrons. The fourth-order valence-corrected chi connectivity index (χ4v) is 2.45. The lowest BCUT2D eigenvalue weighted by Crippen LogP contribution is -2.44. The lowest BCUT2D eigenvalue weighted by atomic mass is 9.97. The number of rotatable bonds is 7. The minimum atomic E-state index is -0.737. The molecule has 0 atom stereocenters. The second-order valence-corrected chi connectivity index (χ2v) is 5.31. The average Bonchev–Trinajstić information content (AvgIpc) is 2.43. The Hall–Kier alpha value is -1.10. The highest BCUT2D eigenvalue weighted by atomic mass is 16.4. The van der Waals surface area contributed by atoms with E-state index in [1.807, 2.05) is 0 Å². The zero-order valence-electron chi connectivity index (χ0n) is 12.0. The maximum atomic E-state index is 11.9. The van der Waals surface area contributed by atoms with E-state index in [9.17, 15) is 9.59 Å². The van der Waals surface area contributed by atoms with Crippen LogP contribution in [0.3, 0.4) is 0 Å². The van der Waals surface area contributed by atoms with Crippen molar-refractivity contribution in [3.63, 3.8) is 0 Å². The largest absolute Gasteiger partial charge is 0.481 e. The van der Waals surface area contributed by atoms with Gasteiger partial charge >= 0.3 is 5.97 Å². The van der Waals surface area contributed by atoms with E-state index in [0.29, 0.717) is 38.4 Å². The molecular weight excluding hydrogens is 244 g/mol. The van der Waals surface area contributed by atoms with Gasteiger partial charge < -0.3 is 15.3 Å². The van der Waals surface area contributed by atoms with Crippen LogP contribution in [0.2, 0.25) is 0 Å². The van der Waals surface area contributed by atoms with Crippen LogP contribution in [-0.2, 0) is 9.59 Å². The molecule has 0 spiro atoms. The Balaban J connectivity index is 2.22. The molecule has 19 heavy (non-hydrogen) atoms. The van der Waals surface area contributed by atoms with E-state index >= 15 is 0 Å². The summed E-state index contributed by atoms with van der Waals surface area (Å²) in [7, 11) is 0. The highest BCUT2D eigenvalue weighted by Crippen LogP contribution is 2.17. The van der Waals surface area contributed by atoms with Crippen LogP contribution in [0.5, 0.6) is 0 Å². The Morgan fingerprint density at radius 3 is 2.32 bits per heavy atom. The molecule has 1 amide bonds. The zero-order valence-corrected chi connectivity index (χ0v) is 12.0. The number of hydrogen-bond acceptors (Lipinski definition) is 3. The predicted molar refractivity (Wildman–Crippen MR) is 73.9 cm³/mol. The van der Waals surface area contributed by atoms with Gasteiger partial charge in [0.25, 0.3) is 0 Å². The molecule has 0 saturated carbocycles. The van der Waals surface area contributed by atoms with Crippen LogP contribution in [0.25, 0.3) is 0 Å². The van der Waals surface area contributed by atoms with Gasteiger partial charge in [-0.05, 0) is 25.3 Å². The molecule has 5 nitrogen and oxygen atoms in total. The normalized spacial score (nSPS) is 16.9. The fourth-order valence-electron chi connectivity index (χ4n) is 2.45. The monoisotopic (exact) mass is 270 g/mol. The summed E-state index contributed by atoms with van der Waals surface area (Å²) >= 11 is 0. The van der Waals surface area contributed by atoms with E-state index in [4.69, 9.17) is 5.11 Å². The van der Waals surface area contributed by atoms with Crippen molar-refractivity contribution in [3.8, 4) is 0 Å². The number of nitrogens with one attached hydrogen (secondary N) is 1. The fraction of sp³-hybridized carbons (Fsp3) is 0.857. The van der Waals surface area contributed by atoms with E-state index in [2.05, 4.69) is 19.2 Å². The van der Waals surface area contributed by atoms with Crippen molar-refractivity contribution in [2.75, 3.05) is 26.2 Å². The zero-order chi connectivity index (χ0) is 14.3. The first kappa shape index (κ1) is 16.0. The van der Waals surface area contributed by atoms with Crippen molar-refractivity contribution in [1.82, 2.24) is 10.2 Å². The van der Waals surface area contributed by atoms with Crippen molar-refractivity contribution in [1.29, 1.82) is 0 Å². The van der Waals surface area contributed by atoms with E-state index in [1.165, 1.54) is 0 Å². The molecule has 0 bridgehead atoms. The van der Waals surface area contributed by atoms with Crippen molar-refractivity contribution in [3.05, 3.63) is 0 Å². The van der Waals surface area contributed by atoms with Gasteiger partial charge in [-0.3, -0.25) is 9.59 Å². The van der Waals surface area contributed by atoms with Gasteiger partial charge in [0.15, 0.2) is 0 Å². The van der Waals surface area contributed by atoms with Crippen molar-refractivity contribution in [2.45, 2.75) is 39.5 Å². The van der Waals surface area contributed by atoms with Crippen LogP contribution >= 0.6 is 0 Å². The molecule has 0 aromatic heterocycles. The summed E-state index contributed by atoms with van der Waals surface area (Å²) in [6.45, 7) is 6.71. The number of amides is 1. The first-order valence-electron chi connectivity index (χ1n) is 7.29. The van der Waals surface area contributed by atoms with Crippen LogP contribution in [-0.4, -0.2) is 48.1 Å². The standard InChI is InChI=1S/C14H26N2O3/c1-3-11(4-2)9-15-10-13(17)16-7-5-12(6-8-16)14(18)19/h11-12,15H,3-10H2,1-2H3,(H,18,19). The van der Waals surface area contributed by atoms with Gasteiger partial charge in [0.2, 0.25) is 5.91 Å². The summed E-state index contributed by atoms with van der Waals surface area (Å²) in [6, 6.07) is 0. The van der Waals surface area contributed by atoms with Gasteiger partial charge in [-0.25, -0.2) is 0 Å². The van der Waals surface area contributed by atoms with Gasteiger partial charge in [-0.1, -0.05) is 26.7 Å². The minimum absolute atomic E-state index is 0.0924. The Labute approximate surface area is 115 Å². The van der Waals surface area contributed by atoms with Crippen molar-refractivity contribution >= 4 is 11.9 Å². The smallest absolute Gasteiger partial charge is 0.306 e. The molecule has 0 unspecified atom stereocenters. The lowest BCUT2D eigenvalue weighted by molar-refractivity contribution is -0.145. The summed E-state index contributed by atoms with van der Waals surface area (Å²) in [4.78, 5) is 24.6. The van der Waals surface area contributed by atoms with Gasteiger partial charge in [0.1, 0.15) is 0 Å². The lowest BCUT2D eigenvalue weighted by Gasteiger charge is -2.30. The predicted octanol–water partition coefficient (Wildman–Crippen LogP) is 1.34. The average molecular weight is 270 g/mol. The number of piperidine rings is 1. The number of hydrogen-bond donors (Lipinski definition) is 2. The van der Waals surface area contributed by atoms with Crippen LogP contribution < -0.4 is 5.32 Å². The molecule has 5 heteroatoms.